The van der Waals surface area contributed by atoms with E-state index in [1.165, 1.54) is 17.2 Å². The third-order valence-electron chi connectivity index (χ3n) is 7.66. The monoisotopic (exact) mass is 771 g/mol. The van der Waals surface area contributed by atoms with Crippen molar-refractivity contribution in [2.75, 3.05) is 46.2 Å². The first-order valence-corrected chi connectivity index (χ1v) is 19.3. The Morgan fingerprint density at radius 1 is 1.19 bits per heavy atom. The molecule has 0 radical (unpaired) electrons. The number of carbonyl (C=O) groups excluding carboxylic acids is 1. The quantitative estimate of drug-likeness (QED) is 0.0496. The van der Waals surface area contributed by atoms with E-state index < -0.39 is 85.1 Å². The number of nitrogens with two attached hydrogens (primary N) is 1. The van der Waals surface area contributed by atoms with E-state index in [4.69, 9.17) is 28.8 Å². The summed E-state index contributed by atoms with van der Waals surface area (Å²) in [6, 6.07) is 0. The van der Waals surface area contributed by atoms with Crippen molar-refractivity contribution in [1.29, 1.82) is 0 Å². The summed E-state index contributed by atoms with van der Waals surface area (Å²) in [5.41, 5.74) is 5.15. The minimum atomic E-state index is -5.46. The lowest BCUT2D eigenvalue weighted by molar-refractivity contribution is -0.120. The van der Waals surface area contributed by atoms with Crippen molar-refractivity contribution in [3.05, 3.63) is 11.5 Å². The van der Waals surface area contributed by atoms with E-state index in [1.807, 2.05) is 0 Å². The van der Waals surface area contributed by atoms with Crippen molar-refractivity contribution in [3.8, 4) is 0 Å². The Hall–Kier alpha value is -1.21. The lowest BCUT2D eigenvalue weighted by atomic mass is 9.87. The van der Waals surface area contributed by atoms with Gasteiger partial charge in [0.25, 0.3) is 0 Å². The average Bonchev–Trinajstić information content (AvgIpc) is 3.64. The van der Waals surface area contributed by atoms with Crippen LogP contribution in [0.15, 0.2) is 11.5 Å². The highest BCUT2D eigenvalue weighted by Gasteiger charge is 2.54. The van der Waals surface area contributed by atoms with Gasteiger partial charge in [-0.2, -0.15) is 4.31 Å². The predicted molar refractivity (Wildman–Crippen MR) is 163 cm³/mol. The number of hydrogen-bond donors (Lipinski definition) is 12. The molecule has 0 aromatic heterocycles. The number of thiocarbonyl (C=S) groups is 1. The Morgan fingerprint density at radius 3 is 2.58 bits per heavy atom. The molecule has 0 aromatic rings. The first-order valence-electron chi connectivity index (χ1n) is 14.3. The van der Waals surface area contributed by atoms with E-state index in [0.29, 0.717) is 11.5 Å². The van der Waals surface area contributed by atoms with Gasteiger partial charge in [0.1, 0.15) is 48.9 Å². The molecular formula is C21H40N7O16P3S. The van der Waals surface area contributed by atoms with Crippen LogP contribution in [0.4, 0.5) is 0 Å². The number of carbonyl (C=O) groups is 1. The zero-order valence-electron chi connectivity index (χ0n) is 25.3. The van der Waals surface area contributed by atoms with Gasteiger partial charge < -0.3 is 60.9 Å². The Morgan fingerprint density at radius 2 is 1.90 bits per heavy atom. The molecule has 4 rings (SSSR count). The Bertz CT molecular complexity index is 1360. The summed E-state index contributed by atoms with van der Waals surface area (Å²) >= 11 is 4.63. The van der Waals surface area contributed by atoms with Gasteiger partial charge in [-0.15, -0.1) is 0 Å². The summed E-state index contributed by atoms with van der Waals surface area (Å²) in [6.07, 6.45) is -9.29. The summed E-state index contributed by atoms with van der Waals surface area (Å²) in [4.78, 5) is 52.4. The number of ether oxygens (including phenoxy) is 2. The second kappa shape index (κ2) is 16.0. The highest BCUT2D eigenvalue weighted by molar-refractivity contribution is 7.79. The Kier molecular flexibility index (Phi) is 13.2. The molecule has 4 heterocycles. The second-order valence-corrected chi connectivity index (χ2v) is 15.9. The molecule has 0 aromatic carbocycles. The smallest absolute Gasteiger partial charge is 0.388 e. The number of nitrogens with zero attached hydrogens (tertiary/aromatic N) is 1. The summed E-state index contributed by atoms with van der Waals surface area (Å²) in [5, 5.41) is 37.3. The number of fused-ring (bicyclic) bond motifs is 1. The number of phosphoric ester groups is 3. The summed E-state index contributed by atoms with van der Waals surface area (Å²) in [7, 11) is -16.1. The molecule has 3 saturated heterocycles. The molecule has 4 aliphatic heterocycles. The number of nitrogens with one attached hydrogen (secondary N) is 5. The summed E-state index contributed by atoms with van der Waals surface area (Å²) < 4.78 is 66.9. The van der Waals surface area contributed by atoms with Crippen LogP contribution in [0.3, 0.4) is 0 Å². The van der Waals surface area contributed by atoms with Crippen LogP contribution in [0.5, 0.6) is 0 Å². The van der Waals surface area contributed by atoms with Gasteiger partial charge in [0.15, 0.2) is 0 Å². The maximum Gasteiger partial charge on any atom is 0.481 e. The normalized spacial score (nSPS) is 34.9. The first kappa shape index (κ1) is 39.6. The molecule has 23 nitrogen and oxygen atoms in total. The zero-order chi connectivity index (χ0) is 35.5. The zero-order valence-corrected chi connectivity index (χ0v) is 28.8. The predicted octanol–water partition coefficient (Wildman–Crippen LogP) is -3.91. The van der Waals surface area contributed by atoms with Crippen LogP contribution < -0.4 is 32.3 Å². The molecule has 0 bridgehead atoms. The average molecular weight is 772 g/mol. The second-order valence-electron chi connectivity index (χ2n) is 11.3. The highest BCUT2D eigenvalue weighted by atomic mass is 32.1. The first-order chi connectivity index (χ1) is 22.3. The van der Waals surface area contributed by atoms with Gasteiger partial charge in [0, 0.05) is 24.9 Å². The third-order valence-corrected chi connectivity index (χ3v) is 10.9. The van der Waals surface area contributed by atoms with Crippen LogP contribution in [0.1, 0.15) is 13.3 Å². The van der Waals surface area contributed by atoms with Gasteiger partial charge >= 0.3 is 23.5 Å². The van der Waals surface area contributed by atoms with Gasteiger partial charge in [-0.1, -0.05) is 19.1 Å². The van der Waals surface area contributed by atoms with E-state index in [9.17, 15) is 48.3 Å². The number of phosphoric acid groups is 3. The molecule has 0 spiro atoms. The minimum Gasteiger partial charge on any atom is -0.388 e. The van der Waals surface area contributed by atoms with Crippen LogP contribution in [0, 0.1) is 5.41 Å². The molecule has 276 valence electrons. The van der Waals surface area contributed by atoms with E-state index in [2.05, 4.69) is 43.1 Å². The van der Waals surface area contributed by atoms with Crippen molar-refractivity contribution in [3.63, 3.8) is 0 Å². The van der Waals surface area contributed by atoms with Crippen molar-refractivity contribution < 1.29 is 75.6 Å². The summed E-state index contributed by atoms with van der Waals surface area (Å²) in [5.74, 6) is 0.0162. The van der Waals surface area contributed by atoms with Gasteiger partial charge in [0.05, 0.1) is 38.9 Å². The maximum atomic E-state index is 12.7. The van der Waals surface area contributed by atoms with E-state index in [-0.39, 0.29) is 45.4 Å². The van der Waals surface area contributed by atoms with E-state index >= 15 is 0 Å². The number of amides is 1. The van der Waals surface area contributed by atoms with Crippen LogP contribution in [-0.2, 0) is 45.8 Å². The molecule has 1 amide bonds. The minimum absolute atomic E-state index is 0.0461. The van der Waals surface area contributed by atoms with Gasteiger partial charge in [-0.3, -0.25) is 29.0 Å². The van der Waals surface area contributed by atoms with Crippen LogP contribution in [0.2, 0.25) is 0 Å². The van der Waals surface area contributed by atoms with Gasteiger partial charge in [-0.25, -0.2) is 18.6 Å². The van der Waals surface area contributed by atoms with Gasteiger partial charge in [-0.05, 0) is 5.37 Å². The fourth-order valence-corrected chi connectivity index (χ4v) is 8.12. The SMILES string of the molecule is C[C@@]1(COP(=O)(O)OP(=O)(O)OC[C@H]2O[C@@H](N3CNC4=C(N)NCN[C@H]43)[C@H](O)[C@@H]2OP(=O)(O)O)CO[C@H](NCCC(=O)NCC=S)[C@@H]1O. The topological polar surface area (TPSA) is 334 Å². The molecule has 0 aliphatic carbocycles. The lowest BCUT2D eigenvalue weighted by Crippen LogP contribution is -2.56. The Labute approximate surface area is 279 Å². The molecule has 13 N–H and O–H groups in total. The van der Waals surface area contributed by atoms with Crippen molar-refractivity contribution in [2.24, 2.45) is 11.1 Å². The largest absolute Gasteiger partial charge is 0.481 e. The molecule has 2 unspecified atom stereocenters. The fraction of sp³-hybridized carbons (Fsp3) is 0.810. The molecule has 3 fully saturated rings. The molecule has 4 aliphatic rings. The number of rotatable bonds is 17. The van der Waals surface area contributed by atoms with Gasteiger partial charge in [0.2, 0.25) is 5.91 Å². The number of aliphatic hydroxyl groups excluding tert-OH is 2. The number of hydrogen-bond acceptors (Lipinski definition) is 19. The standard InChI is InChI=1S/C21H40N7O16P3S/c1-21(7-39-19(16(21)31)24-3-2-12(29)23-4-5-48)8-41-47(37,38)44-46(35,36)40-6-11-15(43-45(32,33)34)14(30)20(42-11)28-10-27-13-17(22)25-9-26-18(13)28/h5,11,14-16,18-20,24-27,30-31H,2-4,6-10,22H2,1H3,(H,23,29)(H,35,36)(H,37,38)(H2,32,33,34)/t11-,14-,15-,16+,18+,19+,20-,21+/m1/s1. The van der Waals surface area contributed by atoms with Crippen molar-refractivity contribution >= 4 is 47.0 Å². The van der Waals surface area contributed by atoms with Crippen LogP contribution in [-0.4, -0.2) is 135 Å². The molecule has 27 heteroatoms. The van der Waals surface area contributed by atoms with Crippen molar-refractivity contribution in [2.45, 2.75) is 56.4 Å². The molecular weight excluding hydrogens is 731 g/mol. The van der Waals surface area contributed by atoms with Crippen LogP contribution in [0.25, 0.3) is 0 Å². The van der Waals surface area contributed by atoms with E-state index in [0.717, 1.165) is 0 Å². The third kappa shape index (κ3) is 10.2. The molecule has 48 heavy (non-hydrogen) atoms. The highest BCUT2D eigenvalue weighted by Crippen LogP contribution is 2.61. The summed E-state index contributed by atoms with van der Waals surface area (Å²) in [6.45, 7) is 0.193. The van der Waals surface area contributed by atoms with Crippen LogP contribution >= 0.6 is 35.7 Å². The molecule has 10 atom stereocenters. The van der Waals surface area contributed by atoms with Crippen molar-refractivity contribution in [1.82, 2.24) is 31.5 Å². The molecule has 0 saturated carbocycles. The number of aliphatic hydroxyl groups is 2. The fourth-order valence-electron chi connectivity index (χ4n) is 5.25. The van der Waals surface area contributed by atoms with E-state index in [1.54, 1.807) is 0 Å². The maximum absolute atomic E-state index is 12.7. The Balaban J connectivity index is 1.31. The lowest BCUT2D eigenvalue weighted by Gasteiger charge is -2.33.